The van der Waals surface area contributed by atoms with Crippen LogP contribution in [-0.4, -0.2) is 18.1 Å². The topological polar surface area (TPSA) is 77.8 Å². The minimum Gasteiger partial charge on any atom is -0.507 e. The molecule has 0 aromatic heterocycles. The lowest BCUT2D eigenvalue weighted by Crippen LogP contribution is -2.09. The molecule has 0 bridgehead atoms. The first-order chi connectivity index (χ1) is 13.4. The van der Waals surface area contributed by atoms with Gasteiger partial charge in [-0.15, -0.1) is 0 Å². The quantitative estimate of drug-likeness (QED) is 0.464. The molecule has 0 saturated carbocycles. The second kappa shape index (κ2) is 6.99. The summed E-state index contributed by atoms with van der Waals surface area (Å²) >= 11 is 0. The van der Waals surface area contributed by atoms with E-state index in [4.69, 9.17) is 0 Å². The molecule has 0 atom stereocenters. The molecule has 28 heavy (non-hydrogen) atoms. The molecule has 4 aromatic rings. The van der Waals surface area contributed by atoms with Crippen molar-refractivity contribution in [3.63, 3.8) is 0 Å². The van der Waals surface area contributed by atoms with E-state index < -0.39 is 10.1 Å². The molecule has 0 heterocycles. The Labute approximate surface area is 162 Å². The van der Waals surface area contributed by atoms with Crippen molar-refractivity contribution in [3.05, 3.63) is 91.0 Å². The van der Waals surface area contributed by atoms with E-state index in [1.54, 1.807) is 12.1 Å². The zero-order chi connectivity index (χ0) is 19.7. The molecule has 4 aromatic carbocycles. The summed E-state index contributed by atoms with van der Waals surface area (Å²) in [5.41, 5.74) is 2.70. The number of anilines is 3. The molecule has 0 unspecified atom stereocenters. The van der Waals surface area contributed by atoms with Crippen LogP contribution in [0.5, 0.6) is 5.75 Å². The van der Waals surface area contributed by atoms with Gasteiger partial charge >= 0.3 is 0 Å². The van der Waals surface area contributed by atoms with Gasteiger partial charge in [0.1, 0.15) is 5.75 Å². The third-order valence-corrected chi connectivity index (χ3v) is 5.31. The smallest absolute Gasteiger partial charge is 0.294 e. The van der Waals surface area contributed by atoms with Gasteiger partial charge in [0.25, 0.3) is 10.1 Å². The highest BCUT2D eigenvalue weighted by molar-refractivity contribution is 7.85. The molecule has 0 radical (unpaired) electrons. The van der Waals surface area contributed by atoms with Crippen LogP contribution in [0.25, 0.3) is 10.8 Å². The first-order valence-corrected chi connectivity index (χ1v) is 10.0. The minimum atomic E-state index is -4.40. The maximum atomic E-state index is 11.4. The van der Waals surface area contributed by atoms with Crippen LogP contribution in [0.3, 0.4) is 0 Å². The van der Waals surface area contributed by atoms with Gasteiger partial charge in [-0.2, -0.15) is 8.42 Å². The first kappa shape index (κ1) is 18.0. The summed E-state index contributed by atoms with van der Waals surface area (Å²) in [4.78, 5) is 1.70. The number of para-hydroxylation sites is 2. The summed E-state index contributed by atoms with van der Waals surface area (Å²) in [6.45, 7) is 0. The Morgan fingerprint density at radius 3 is 1.79 bits per heavy atom. The second-order valence-corrected chi connectivity index (χ2v) is 7.75. The molecule has 0 spiro atoms. The van der Waals surface area contributed by atoms with Gasteiger partial charge in [0.15, 0.2) is 0 Å². The van der Waals surface area contributed by atoms with Crippen molar-refractivity contribution in [3.8, 4) is 5.75 Å². The number of nitrogens with zero attached hydrogens (tertiary/aromatic N) is 1. The van der Waals surface area contributed by atoms with Crippen LogP contribution in [0.4, 0.5) is 17.1 Å². The SMILES string of the molecule is O=S(=O)(O)c1cc(O)c2cc(N(c3ccccc3)c3ccccc3)ccc2c1. The van der Waals surface area contributed by atoms with Gasteiger partial charge < -0.3 is 10.0 Å². The molecule has 2 N–H and O–H groups in total. The molecule has 140 valence electrons. The van der Waals surface area contributed by atoms with Gasteiger partial charge in [-0.3, -0.25) is 4.55 Å². The molecule has 5 nitrogen and oxygen atoms in total. The fraction of sp³-hybridized carbons (Fsp3) is 0. The van der Waals surface area contributed by atoms with Gasteiger partial charge in [-0.25, -0.2) is 0 Å². The summed E-state index contributed by atoms with van der Waals surface area (Å²) in [6.07, 6.45) is 0. The lowest BCUT2D eigenvalue weighted by Gasteiger charge is -2.25. The highest BCUT2D eigenvalue weighted by atomic mass is 32.2. The third-order valence-electron chi connectivity index (χ3n) is 4.47. The molecule has 0 aliphatic carbocycles. The van der Waals surface area contributed by atoms with Gasteiger partial charge in [0, 0.05) is 28.5 Å². The Hall–Kier alpha value is -3.35. The van der Waals surface area contributed by atoms with Crippen molar-refractivity contribution < 1.29 is 18.1 Å². The van der Waals surface area contributed by atoms with E-state index in [9.17, 15) is 18.1 Å². The van der Waals surface area contributed by atoms with E-state index in [0.717, 1.165) is 23.1 Å². The predicted molar refractivity (Wildman–Crippen MR) is 110 cm³/mol. The van der Waals surface area contributed by atoms with Crippen LogP contribution in [0.1, 0.15) is 0 Å². The number of aromatic hydroxyl groups is 1. The second-order valence-electron chi connectivity index (χ2n) is 6.33. The number of phenolic OH excluding ortho intramolecular Hbond substituents is 1. The Morgan fingerprint density at radius 1 is 0.679 bits per heavy atom. The normalized spacial score (nSPS) is 11.5. The van der Waals surface area contributed by atoms with Crippen molar-refractivity contribution >= 4 is 38.0 Å². The highest BCUT2D eigenvalue weighted by Crippen LogP contribution is 2.38. The zero-order valence-electron chi connectivity index (χ0n) is 14.7. The molecule has 0 fully saturated rings. The van der Waals surface area contributed by atoms with Crippen LogP contribution in [0.15, 0.2) is 95.9 Å². The summed E-state index contributed by atoms with van der Waals surface area (Å²) in [7, 11) is -4.40. The predicted octanol–water partition coefficient (Wildman–Crippen LogP) is 5.26. The fourth-order valence-corrected chi connectivity index (χ4v) is 3.73. The van der Waals surface area contributed by atoms with Gasteiger partial charge in [-0.05, 0) is 47.9 Å². The number of rotatable bonds is 4. The number of phenols is 1. The van der Waals surface area contributed by atoms with Gasteiger partial charge in [0.05, 0.1) is 4.90 Å². The van der Waals surface area contributed by atoms with Crippen molar-refractivity contribution in [2.75, 3.05) is 4.90 Å². The maximum Gasteiger partial charge on any atom is 0.294 e. The standard InChI is InChI=1S/C22H17NO4S/c24-22-15-20(28(25,26)27)13-16-11-12-19(14-21(16)22)23(17-7-3-1-4-8-17)18-9-5-2-6-10-18/h1-15,24H,(H,25,26,27). The molecule has 0 saturated heterocycles. The number of hydrogen-bond donors (Lipinski definition) is 2. The molecule has 6 heteroatoms. The Balaban J connectivity index is 1.91. The number of benzene rings is 4. The fourth-order valence-electron chi connectivity index (χ4n) is 3.19. The van der Waals surface area contributed by atoms with Crippen LogP contribution in [-0.2, 0) is 10.1 Å². The zero-order valence-corrected chi connectivity index (χ0v) is 15.5. The van der Waals surface area contributed by atoms with E-state index in [2.05, 4.69) is 0 Å². The van der Waals surface area contributed by atoms with Crippen LogP contribution < -0.4 is 4.90 Å². The summed E-state index contributed by atoms with van der Waals surface area (Å²) in [6, 6.07) is 27.3. The summed E-state index contributed by atoms with van der Waals surface area (Å²) in [5, 5.41) is 11.4. The lowest BCUT2D eigenvalue weighted by atomic mass is 10.1. The molecular formula is C22H17NO4S. The van der Waals surface area contributed by atoms with Gasteiger partial charge in [-0.1, -0.05) is 42.5 Å². The van der Waals surface area contributed by atoms with E-state index in [1.165, 1.54) is 6.07 Å². The van der Waals surface area contributed by atoms with Crippen molar-refractivity contribution in [2.45, 2.75) is 4.90 Å². The molecule has 4 rings (SSSR count). The third kappa shape index (κ3) is 3.43. The summed E-state index contributed by atoms with van der Waals surface area (Å²) in [5.74, 6) is -0.215. The van der Waals surface area contributed by atoms with Crippen molar-refractivity contribution in [2.24, 2.45) is 0 Å². The molecule has 0 aliphatic rings. The first-order valence-electron chi connectivity index (χ1n) is 8.58. The number of fused-ring (bicyclic) bond motifs is 1. The average Bonchev–Trinajstić information content (AvgIpc) is 2.69. The highest BCUT2D eigenvalue weighted by Gasteiger charge is 2.16. The van der Waals surface area contributed by atoms with Crippen LogP contribution in [0.2, 0.25) is 0 Å². The molecule has 0 amide bonds. The number of hydrogen-bond acceptors (Lipinski definition) is 4. The van der Waals surface area contributed by atoms with E-state index in [0.29, 0.717) is 10.8 Å². The summed E-state index contributed by atoms with van der Waals surface area (Å²) < 4.78 is 32.1. The Bertz CT molecular complexity index is 1200. The largest absolute Gasteiger partial charge is 0.507 e. The lowest BCUT2D eigenvalue weighted by molar-refractivity contribution is 0.471. The van der Waals surface area contributed by atoms with Gasteiger partial charge in [0.2, 0.25) is 0 Å². The van der Waals surface area contributed by atoms with E-state index >= 15 is 0 Å². The van der Waals surface area contributed by atoms with Crippen molar-refractivity contribution in [1.82, 2.24) is 0 Å². The molecular weight excluding hydrogens is 374 g/mol. The average molecular weight is 391 g/mol. The van der Waals surface area contributed by atoms with Crippen molar-refractivity contribution in [1.29, 1.82) is 0 Å². The van der Waals surface area contributed by atoms with E-state index in [-0.39, 0.29) is 10.6 Å². The molecule has 0 aliphatic heterocycles. The minimum absolute atomic E-state index is 0.215. The van der Waals surface area contributed by atoms with Crippen LogP contribution >= 0.6 is 0 Å². The van der Waals surface area contributed by atoms with Crippen LogP contribution in [0, 0.1) is 0 Å². The Kier molecular flexibility index (Phi) is 4.50. The monoisotopic (exact) mass is 391 g/mol. The Morgan fingerprint density at radius 2 is 1.25 bits per heavy atom. The van der Waals surface area contributed by atoms with E-state index in [1.807, 2.05) is 71.6 Å². The maximum absolute atomic E-state index is 11.4.